The van der Waals surface area contributed by atoms with Crippen LogP contribution in [0.25, 0.3) is 16.6 Å². The summed E-state index contributed by atoms with van der Waals surface area (Å²) in [5, 5.41) is 20.2. The fourth-order valence-electron chi connectivity index (χ4n) is 3.76. The third-order valence-electron chi connectivity index (χ3n) is 5.28. The molecular weight excluding hydrogens is 338 g/mol. The second-order valence-corrected chi connectivity index (χ2v) is 7.31. The first-order chi connectivity index (χ1) is 12.1. The van der Waals surface area contributed by atoms with Gasteiger partial charge in [0.15, 0.2) is 0 Å². The van der Waals surface area contributed by atoms with Crippen LogP contribution in [-0.2, 0) is 7.05 Å². The van der Waals surface area contributed by atoms with Crippen molar-refractivity contribution in [2.45, 2.75) is 24.8 Å². The van der Waals surface area contributed by atoms with Crippen LogP contribution in [0, 0.1) is 0 Å². The van der Waals surface area contributed by atoms with Gasteiger partial charge in [0.1, 0.15) is 5.69 Å². The topological polar surface area (TPSA) is 59.1 Å². The second-order valence-electron chi connectivity index (χ2n) is 6.90. The number of likely N-dealkylation sites (tertiary alicyclic amines) is 1. The number of aromatic nitrogens is 4. The van der Waals surface area contributed by atoms with Crippen LogP contribution in [0.5, 0.6) is 0 Å². The fraction of sp³-hybridized carbons (Fsp3) is 0.444. The fourth-order valence-corrected chi connectivity index (χ4v) is 4.09. The molecule has 1 N–H and O–H groups in total. The van der Waals surface area contributed by atoms with Crippen molar-refractivity contribution in [3.05, 3.63) is 41.3 Å². The van der Waals surface area contributed by atoms with Crippen molar-refractivity contribution in [1.82, 2.24) is 24.5 Å². The Morgan fingerprint density at radius 3 is 2.80 bits per heavy atom. The Morgan fingerprint density at radius 2 is 2.08 bits per heavy atom. The van der Waals surface area contributed by atoms with Crippen molar-refractivity contribution in [2.75, 3.05) is 20.2 Å². The Morgan fingerprint density at radius 1 is 1.24 bits per heavy atom. The van der Waals surface area contributed by atoms with Gasteiger partial charge in [-0.15, -0.1) is 0 Å². The zero-order chi connectivity index (χ0) is 17.6. The van der Waals surface area contributed by atoms with E-state index in [2.05, 4.69) is 28.2 Å². The van der Waals surface area contributed by atoms with Crippen LogP contribution in [0.4, 0.5) is 0 Å². The average Bonchev–Trinajstić information content (AvgIpc) is 3.20. The highest BCUT2D eigenvalue weighted by Crippen LogP contribution is 2.37. The smallest absolute Gasteiger partial charge is 0.103 e. The lowest BCUT2D eigenvalue weighted by Crippen LogP contribution is -2.41. The second kappa shape index (κ2) is 6.44. The Hall–Kier alpha value is -1.89. The molecular formula is C18H22ClN5O. The standard InChI is InChI=1S/C18H22ClN5O/c1-22-4-3-12(5-14(22)11-25)16-7-18-13(6-17(16)19)8-21-24(18)15-9-20-23(2)10-15/h6-10,12,14,25H,3-5,11H2,1-2H3/t12-,14-/m0/s1. The quantitative estimate of drug-likeness (QED) is 0.780. The molecule has 132 valence electrons. The van der Waals surface area contributed by atoms with Gasteiger partial charge in [-0.2, -0.15) is 10.2 Å². The molecule has 1 saturated heterocycles. The number of hydrogen-bond acceptors (Lipinski definition) is 4. The van der Waals surface area contributed by atoms with Gasteiger partial charge in [-0.3, -0.25) is 4.68 Å². The third kappa shape index (κ3) is 2.94. The molecule has 0 aliphatic carbocycles. The Balaban J connectivity index is 1.75. The maximum Gasteiger partial charge on any atom is 0.103 e. The molecule has 0 spiro atoms. The van der Waals surface area contributed by atoms with Crippen LogP contribution in [0.3, 0.4) is 0 Å². The van der Waals surface area contributed by atoms with Crippen molar-refractivity contribution >= 4 is 22.5 Å². The molecule has 4 rings (SSSR count). The number of aryl methyl sites for hydroxylation is 1. The largest absolute Gasteiger partial charge is 0.395 e. The number of benzene rings is 1. The van der Waals surface area contributed by atoms with E-state index in [1.807, 2.05) is 30.2 Å². The first-order valence-electron chi connectivity index (χ1n) is 8.54. The molecule has 0 unspecified atom stereocenters. The van der Waals surface area contributed by atoms with Crippen molar-refractivity contribution < 1.29 is 5.11 Å². The molecule has 0 saturated carbocycles. The molecule has 1 aliphatic heterocycles. The Labute approximate surface area is 151 Å². The van der Waals surface area contributed by atoms with Crippen LogP contribution in [0.2, 0.25) is 5.02 Å². The zero-order valence-corrected chi connectivity index (χ0v) is 15.2. The highest BCUT2D eigenvalue weighted by atomic mass is 35.5. The number of piperidine rings is 1. The molecule has 7 heteroatoms. The third-order valence-corrected chi connectivity index (χ3v) is 5.61. The molecule has 1 aliphatic rings. The zero-order valence-electron chi connectivity index (χ0n) is 14.4. The van der Waals surface area contributed by atoms with E-state index >= 15 is 0 Å². The summed E-state index contributed by atoms with van der Waals surface area (Å²) in [4.78, 5) is 2.23. The van der Waals surface area contributed by atoms with E-state index in [-0.39, 0.29) is 12.6 Å². The van der Waals surface area contributed by atoms with Gasteiger partial charge < -0.3 is 10.0 Å². The van der Waals surface area contributed by atoms with Gasteiger partial charge in [-0.25, -0.2) is 4.68 Å². The molecule has 0 amide bonds. The number of rotatable bonds is 3. The average molecular weight is 360 g/mol. The van der Waals surface area contributed by atoms with Gasteiger partial charge >= 0.3 is 0 Å². The lowest BCUT2D eigenvalue weighted by molar-refractivity contribution is 0.104. The summed E-state index contributed by atoms with van der Waals surface area (Å²) in [6.07, 6.45) is 7.54. The van der Waals surface area contributed by atoms with Crippen LogP contribution in [0.15, 0.2) is 30.7 Å². The maximum atomic E-state index is 9.63. The molecule has 6 nitrogen and oxygen atoms in total. The van der Waals surface area contributed by atoms with Gasteiger partial charge in [0, 0.05) is 23.5 Å². The van der Waals surface area contributed by atoms with Crippen LogP contribution < -0.4 is 0 Å². The lowest BCUT2D eigenvalue weighted by atomic mass is 9.85. The van der Waals surface area contributed by atoms with Gasteiger partial charge in [0.2, 0.25) is 0 Å². The van der Waals surface area contributed by atoms with E-state index < -0.39 is 0 Å². The monoisotopic (exact) mass is 359 g/mol. The molecule has 1 fully saturated rings. The molecule has 0 bridgehead atoms. The Kier molecular flexibility index (Phi) is 4.27. The van der Waals surface area contributed by atoms with Crippen molar-refractivity contribution in [1.29, 1.82) is 0 Å². The van der Waals surface area contributed by atoms with Crippen LogP contribution in [-0.4, -0.2) is 55.8 Å². The SMILES string of the molecule is CN1CC[C@H](c2cc3c(cnn3-c3cnn(C)c3)cc2Cl)C[C@H]1CO. The normalized spacial score (nSPS) is 21.9. The first-order valence-corrected chi connectivity index (χ1v) is 8.92. The predicted octanol–water partition coefficient (Wildman–Crippen LogP) is 2.58. The minimum absolute atomic E-state index is 0.181. The van der Waals surface area contributed by atoms with Crippen LogP contribution in [0.1, 0.15) is 24.3 Å². The summed E-state index contributed by atoms with van der Waals surface area (Å²) < 4.78 is 3.67. The van der Waals surface area contributed by atoms with Crippen molar-refractivity contribution in [2.24, 2.45) is 7.05 Å². The van der Waals surface area contributed by atoms with E-state index in [1.54, 1.807) is 10.9 Å². The van der Waals surface area contributed by atoms with E-state index in [1.165, 1.54) is 0 Å². The van der Waals surface area contributed by atoms with Gasteiger partial charge in [0.25, 0.3) is 0 Å². The van der Waals surface area contributed by atoms with Gasteiger partial charge in [-0.1, -0.05) is 11.6 Å². The lowest BCUT2D eigenvalue weighted by Gasteiger charge is -2.36. The summed E-state index contributed by atoms with van der Waals surface area (Å²) in [7, 11) is 3.96. The summed E-state index contributed by atoms with van der Waals surface area (Å²) in [5.74, 6) is 0.350. The summed E-state index contributed by atoms with van der Waals surface area (Å²) >= 11 is 6.59. The summed E-state index contributed by atoms with van der Waals surface area (Å²) in [6.45, 7) is 1.15. The molecule has 2 atom stereocenters. The highest BCUT2D eigenvalue weighted by molar-refractivity contribution is 6.32. The number of aliphatic hydroxyl groups excluding tert-OH is 1. The number of nitrogens with zero attached hydrogens (tertiary/aromatic N) is 5. The highest BCUT2D eigenvalue weighted by Gasteiger charge is 2.28. The van der Waals surface area contributed by atoms with Gasteiger partial charge in [0.05, 0.1) is 30.7 Å². The molecule has 3 heterocycles. The summed E-state index contributed by atoms with van der Waals surface area (Å²) in [5.41, 5.74) is 3.11. The number of hydrogen-bond donors (Lipinski definition) is 1. The number of aliphatic hydroxyl groups is 1. The van der Waals surface area contributed by atoms with Crippen molar-refractivity contribution in [3.63, 3.8) is 0 Å². The van der Waals surface area contributed by atoms with E-state index in [9.17, 15) is 5.11 Å². The maximum absolute atomic E-state index is 9.63. The van der Waals surface area contributed by atoms with Crippen LogP contribution >= 0.6 is 11.6 Å². The predicted molar refractivity (Wildman–Crippen MR) is 98.3 cm³/mol. The van der Waals surface area contributed by atoms with Gasteiger partial charge in [-0.05, 0) is 50.0 Å². The molecule has 25 heavy (non-hydrogen) atoms. The number of fused-ring (bicyclic) bond motifs is 1. The molecule has 3 aromatic rings. The number of likely N-dealkylation sites (N-methyl/N-ethyl adjacent to an activating group) is 1. The molecule has 0 radical (unpaired) electrons. The van der Waals surface area contributed by atoms with E-state index in [0.717, 1.165) is 46.6 Å². The van der Waals surface area contributed by atoms with E-state index in [4.69, 9.17) is 11.6 Å². The molecule has 1 aromatic carbocycles. The molecule has 2 aromatic heterocycles. The number of halogens is 1. The minimum Gasteiger partial charge on any atom is -0.395 e. The first kappa shape index (κ1) is 16.6. The van der Waals surface area contributed by atoms with Crippen molar-refractivity contribution in [3.8, 4) is 5.69 Å². The minimum atomic E-state index is 0.181. The summed E-state index contributed by atoms with van der Waals surface area (Å²) in [6, 6.07) is 4.34. The Bertz CT molecular complexity index is 902. The van der Waals surface area contributed by atoms with E-state index in [0.29, 0.717) is 5.92 Å².